The summed E-state index contributed by atoms with van der Waals surface area (Å²) < 4.78 is 21.9. The van der Waals surface area contributed by atoms with E-state index in [1.165, 1.54) is 6.21 Å². The van der Waals surface area contributed by atoms with Crippen molar-refractivity contribution in [3.8, 4) is 11.5 Å². The van der Waals surface area contributed by atoms with Crippen molar-refractivity contribution >= 4 is 18.2 Å². The first-order chi connectivity index (χ1) is 18.7. The Morgan fingerprint density at radius 3 is 2.15 bits per heavy atom. The molecule has 0 unspecified atom stereocenters. The molecule has 3 rings (SSSR count). The van der Waals surface area contributed by atoms with Gasteiger partial charge in [-0.1, -0.05) is 42.5 Å². The number of alkyl carbamates (subject to hydrolysis) is 1. The number of amides is 2. The largest absolute Gasteiger partial charge is 0.497 e. The van der Waals surface area contributed by atoms with E-state index >= 15 is 0 Å². The predicted molar refractivity (Wildman–Crippen MR) is 149 cm³/mol. The van der Waals surface area contributed by atoms with E-state index in [9.17, 15) is 9.59 Å². The number of carbonyl (C=O) groups excluding carboxylic acids is 2. The summed E-state index contributed by atoms with van der Waals surface area (Å²) in [5.74, 6) is 0.954. The molecule has 3 aromatic rings. The Bertz CT molecular complexity index is 1210. The summed E-state index contributed by atoms with van der Waals surface area (Å²) in [6, 6.07) is 23.5. The molecule has 0 aliphatic carbocycles. The highest BCUT2D eigenvalue weighted by Gasteiger charge is 2.24. The minimum absolute atomic E-state index is 0.0598. The van der Waals surface area contributed by atoms with Crippen LogP contribution in [0.1, 0.15) is 37.5 Å². The molecule has 3 aromatic carbocycles. The molecule has 0 aliphatic heterocycles. The summed E-state index contributed by atoms with van der Waals surface area (Å²) in [4.78, 5) is 25.1. The molecule has 0 bridgehead atoms. The highest BCUT2D eigenvalue weighted by atomic mass is 16.6. The average molecular weight is 534 g/mol. The highest BCUT2D eigenvalue weighted by Crippen LogP contribution is 2.16. The summed E-state index contributed by atoms with van der Waals surface area (Å²) in [6.07, 6.45) is 0.778. The van der Waals surface area contributed by atoms with Gasteiger partial charge in [-0.05, 0) is 73.9 Å². The van der Waals surface area contributed by atoms with Crippen LogP contribution in [0.5, 0.6) is 11.5 Å². The van der Waals surface area contributed by atoms with Gasteiger partial charge >= 0.3 is 6.09 Å². The number of nitrogens with one attached hydrogen (secondary N) is 2. The van der Waals surface area contributed by atoms with Gasteiger partial charge in [-0.3, -0.25) is 4.79 Å². The lowest BCUT2D eigenvalue weighted by molar-refractivity contribution is -0.124. The molecule has 2 N–H and O–H groups in total. The summed E-state index contributed by atoms with van der Waals surface area (Å²) in [5.41, 5.74) is 4.47. The number of hydrogen-bond donors (Lipinski definition) is 2. The van der Waals surface area contributed by atoms with E-state index in [1.54, 1.807) is 27.9 Å². The number of nitrogens with zero attached hydrogens (tertiary/aromatic N) is 1. The second-order valence-corrected chi connectivity index (χ2v) is 9.64. The van der Waals surface area contributed by atoms with Crippen LogP contribution in [0.4, 0.5) is 4.79 Å². The molecule has 0 heterocycles. The van der Waals surface area contributed by atoms with Gasteiger partial charge in [-0.25, -0.2) is 10.2 Å². The molecule has 0 aliphatic rings. The second kappa shape index (κ2) is 14.5. The van der Waals surface area contributed by atoms with E-state index in [4.69, 9.17) is 18.9 Å². The lowest BCUT2D eigenvalue weighted by atomic mass is 10.2. The fraction of sp³-hybridized carbons (Fsp3) is 0.300. The zero-order valence-electron chi connectivity index (χ0n) is 22.7. The van der Waals surface area contributed by atoms with Crippen LogP contribution >= 0.6 is 0 Å². The topological polar surface area (TPSA) is 107 Å². The maximum absolute atomic E-state index is 12.8. The summed E-state index contributed by atoms with van der Waals surface area (Å²) >= 11 is 0. The number of rotatable bonds is 12. The third-order valence-electron chi connectivity index (χ3n) is 5.24. The fourth-order valence-corrected chi connectivity index (χ4v) is 3.29. The van der Waals surface area contributed by atoms with Crippen molar-refractivity contribution in [1.29, 1.82) is 0 Å². The Balaban J connectivity index is 1.52. The molecule has 2 amide bonds. The smallest absolute Gasteiger partial charge is 0.408 e. The fourth-order valence-electron chi connectivity index (χ4n) is 3.29. The first-order valence-electron chi connectivity index (χ1n) is 12.5. The quantitative estimate of drug-likeness (QED) is 0.255. The predicted octanol–water partition coefficient (Wildman–Crippen LogP) is 4.83. The SMILES string of the molecule is COc1ccc(COc2ccc(/C=N\NC(=O)[C@H](COCc3ccccc3)NC(=O)OC(C)(C)C)cc2)cc1. The number of hydrazone groups is 1. The second-order valence-electron chi connectivity index (χ2n) is 9.64. The summed E-state index contributed by atoms with van der Waals surface area (Å²) in [7, 11) is 1.63. The summed E-state index contributed by atoms with van der Waals surface area (Å²) in [6.45, 7) is 5.88. The van der Waals surface area contributed by atoms with Crippen molar-refractivity contribution in [2.75, 3.05) is 13.7 Å². The Morgan fingerprint density at radius 1 is 0.872 bits per heavy atom. The molecular weight excluding hydrogens is 498 g/mol. The molecule has 0 aromatic heterocycles. The lowest BCUT2D eigenvalue weighted by Crippen LogP contribution is -2.49. The third-order valence-corrected chi connectivity index (χ3v) is 5.24. The zero-order valence-corrected chi connectivity index (χ0v) is 22.7. The van der Waals surface area contributed by atoms with Crippen molar-refractivity contribution < 1.29 is 28.5 Å². The lowest BCUT2D eigenvalue weighted by Gasteiger charge is -2.22. The van der Waals surface area contributed by atoms with Crippen LogP contribution in [0.15, 0.2) is 84.0 Å². The maximum atomic E-state index is 12.8. The van der Waals surface area contributed by atoms with E-state index in [2.05, 4.69) is 15.8 Å². The zero-order chi connectivity index (χ0) is 28.1. The van der Waals surface area contributed by atoms with Gasteiger partial charge in [0.2, 0.25) is 0 Å². The van der Waals surface area contributed by atoms with Crippen LogP contribution in [-0.4, -0.2) is 43.6 Å². The highest BCUT2D eigenvalue weighted by molar-refractivity contribution is 5.87. The van der Waals surface area contributed by atoms with Crippen molar-refractivity contribution in [3.05, 3.63) is 95.6 Å². The van der Waals surface area contributed by atoms with Gasteiger partial charge in [0.1, 0.15) is 29.7 Å². The van der Waals surface area contributed by atoms with Gasteiger partial charge in [0.05, 0.1) is 26.5 Å². The van der Waals surface area contributed by atoms with E-state index in [0.717, 1.165) is 22.4 Å². The van der Waals surface area contributed by atoms with E-state index in [1.807, 2.05) is 78.9 Å². The molecule has 39 heavy (non-hydrogen) atoms. The van der Waals surface area contributed by atoms with Crippen LogP contribution in [0.25, 0.3) is 0 Å². The molecule has 0 saturated heterocycles. The van der Waals surface area contributed by atoms with Gasteiger partial charge in [-0.15, -0.1) is 0 Å². The van der Waals surface area contributed by atoms with Crippen molar-refractivity contribution in [1.82, 2.24) is 10.7 Å². The normalized spacial score (nSPS) is 12.0. The van der Waals surface area contributed by atoms with Crippen molar-refractivity contribution in [2.24, 2.45) is 5.10 Å². The van der Waals surface area contributed by atoms with Gasteiger partial charge in [0.25, 0.3) is 5.91 Å². The van der Waals surface area contributed by atoms with Crippen LogP contribution in [0.2, 0.25) is 0 Å². The molecule has 9 heteroatoms. The Kier molecular flexibility index (Phi) is 10.9. The number of hydrogen-bond acceptors (Lipinski definition) is 7. The minimum atomic E-state index is -1.01. The van der Waals surface area contributed by atoms with Gasteiger partial charge in [0.15, 0.2) is 0 Å². The Morgan fingerprint density at radius 2 is 1.51 bits per heavy atom. The van der Waals surface area contributed by atoms with Crippen LogP contribution in [-0.2, 0) is 27.5 Å². The molecule has 0 saturated carbocycles. The molecule has 9 nitrogen and oxygen atoms in total. The number of ether oxygens (including phenoxy) is 4. The van der Waals surface area contributed by atoms with Crippen molar-refractivity contribution in [3.63, 3.8) is 0 Å². The first-order valence-corrected chi connectivity index (χ1v) is 12.5. The molecule has 1 atom stereocenters. The first kappa shape index (κ1) is 29.2. The molecule has 0 fully saturated rings. The molecule has 0 spiro atoms. The molecule has 206 valence electrons. The standard InChI is InChI=1S/C30H35N3O6/c1-30(2,3)39-29(35)32-27(21-37-19-23-8-6-5-7-9-23)28(34)33-31-18-22-10-16-26(17-11-22)38-20-24-12-14-25(36-4)15-13-24/h5-18,27H,19-21H2,1-4H3,(H,32,35)(H,33,34)/b31-18-/t27-/m0/s1. The Labute approximate surface area is 229 Å². The van der Waals surface area contributed by atoms with E-state index in [-0.39, 0.29) is 13.2 Å². The van der Waals surface area contributed by atoms with E-state index < -0.39 is 23.6 Å². The van der Waals surface area contributed by atoms with Crippen LogP contribution < -0.4 is 20.2 Å². The molecule has 0 radical (unpaired) electrons. The monoisotopic (exact) mass is 533 g/mol. The van der Waals surface area contributed by atoms with Gasteiger partial charge < -0.3 is 24.3 Å². The van der Waals surface area contributed by atoms with Gasteiger partial charge in [-0.2, -0.15) is 5.10 Å². The number of carbonyl (C=O) groups is 2. The van der Waals surface area contributed by atoms with Crippen LogP contribution in [0.3, 0.4) is 0 Å². The maximum Gasteiger partial charge on any atom is 0.408 e. The van der Waals surface area contributed by atoms with E-state index in [0.29, 0.717) is 12.4 Å². The number of benzene rings is 3. The number of methoxy groups -OCH3 is 1. The summed E-state index contributed by atoms with van der Waals surface area (Å²) in [5, 5.41) is 6.58. The van der Waals surface area contributed by atoms with Gasteiger partial charge in [0, 0.05) is 0 Å². The average Bonchev–Trinajstić information content (AvgIpc) is 2.92. The Hall–Kier alpha value is -4.37. The van der Waals surface area contributed by atoms with Crippen molar-refractivity contribution in [2.45, 2.75) is 45.6 Å². The third kappa shape index (κ3) is 10.9. The minimum Gasteiger partial charge on any atom is -0.497 e. The molecular formula is C30H35N3O6. The van der Waals surface area contributed by atoms with Crippen LogP contribution in [0, 0.1) is 0 Å².